The molecule has 0 unspecified atom stereocenters. The van der Waals surface area contributed by atoms with Crippen LogP contribution >= 0.6 is 23.7 Å². The average molecular weight is 435 g/mol. The van der Waals surface area contributed by atoms with Crippen molar-refractivity contribution in [3.8, 4) is 0 Å². The molecule has 156 valence electrons. The number of hydrogen-bond acceptors (Lipinski definition) is 5. The van der Waals surface area contributed by atoms with Crippen molar-refractivity contribution in [2.75, 3.05) is 19.6 Å². The number of nitrogens with zero attached hydrogens (tertiary/aromatic N) is 2. The number of nitrogens with one attached hydrogen (secondary N) is 2. The highest BCUT2D eigenvalue weighted by atomic mass is 35.5. The number of amides is 2. The summed E-state index contributed by atoms with van der Waals surface area (Å²) in [7, 11) is 0. The van der Waals surface area contributed by atoms with Gasteiger partial charge in [0.1, 0.15) is 6.04 Å². The number of carbonyl (C=O) groups is 2. The van der Waals surface area contributed by atoms with Gasteiger partial charge in [-0.05, 0) is 43.9 Å². The Morgan fingerprint density at radius 3 is 2.97 bits per heavy atom. The summed E-state index contributed by atoms with van der Waals surface area (Å²) in [5.41, 5.74) is 1.02. The van der Waals surface area contributed by atoms with Crippen LogP contribution in [0.5, 0.6) is 0 Å². The van der Waals surface area contributed by atoms with Crippen molar-refractivity contribution in [1.82, 2.24) is 20.5 Å². The predicted octanol–water partition coefficient (Wildman–Crippen LogP) is 2.37. The molecular formula is C21H27ClN4O2S. The largest absolute Gasteiger partial charge is 0.354 e. The van der Waals surface area contributed by atoms with Crippen LogP contribution in [0, 0.1) is 11.8 Å². The molecule has 2 bridgehead atoms. The number of benzene rings is 1. The number of rotatable bonds is 4. The van der Waals surface area contributed by atoms with Crippen molar-refractivity contribution in [1.29, 1.82) is 0 Å². The zero-order valence-corrected chi connectivity index (χ0v) is 17.9. The third-order valence-electron chi connectivity index (χ3n) is 6.49. The molecule has 6 nitrogen and oxygen atoms in total. The third-order valence-corrected chi connectivity index (χ3v) is 7.59. The van der Waals surface area contributed by atoms with Crippen molar-refractivity contribution >= 4 is 45.8 Å². The van der Waals surface area contributed by atoms with Crippen LogP contribution in [0.3, 0.4) is 0 Å². The maximum absolute atomic E-state index is 13.1. The summed E-state index contributed by atoms with van der Waals surface area (Å²) in [4.78, 5) is 32.4. The molecule has 0 spiro atoms. The Morgan fingerprint density at radius 2 is 2.10 bits per heavy atom. The normalized spacial score (nSPS) is 28.6. The molecule has 2 amide bonds. The van der Waals surface area contributed by atoms with Gasteiger partial charge < -0.3 is 15.5 Å². The Kier molecular flexibility index (Phi) is 6.08. The smallest absolute Gasteiger partial charge is 0.243 e. The fourth-order valence-electron chi connectivity index (χ4n) is 5.27. The lowest BCUT2D eigenvalue weighted by Crippen LogP contribution is -2.68. The molecule has 1 aromatic carbocycles. The van der Waals surface area contributed by atoms with Gasteiger partial charge in [-0.1, -0.05) is 12.1 Å². The third kappa shape index (κ3) is 3.88. The second-order valence-corrected chi connectivity index (χ2v) is 9.35. The number of piperidine rings is 3. The molecule has 3 aliphatic heterocycles. The lowest BCUT2D eigenvalue weighted by atomic mass is 9.72. The fraction of sp³-hybridized carbons (Fsp3) is 0.571. The molecule has 4 heterocycles. The molecule has 4 atom stereocenters. The first kappa shape index (κ1) is 20.6. The molecule has 3 aliphatic rings. The highest BCUT2D eigenvalue weighted by Crippen LogP contribution is 2.39. The van der Waals surface area contributed by atoms with Gasteiger partial charge >= 0.3 is 0 Å². The Labute approximate surface area is 180 Å². The van der Waals surface area contributed by atoms with Gasteiger partial charge in [-0.2, -0.15) is 0 Å². The monoisotopic (exact) mass is 434 g/mol. The van der Waals surface area contributed by atoms with Gasteiger partial charge in [-0.15, -0.1) is 23.7 Å². The van der Waals surface area contributed by atoms with E-state index in [9.17, 15) is 9.59 Å². The number of halogens is 1. The quantitative estimate of drug-likeness (QED) is 0.774. The molecular weight excluding hydrogens is 408 g/mol. The number of aromatic nitrogens is 1. The van der Waals surface area contributed by atoms with Gasteiger partial charge in [-0.3, -0.25) is 9.59 Å². The van der Waals surface area contributed by atoms with Crippen LogP contribution < -0.4 is 10.6 Å². The van der Waals surface area contributed by atoms with Crippen molar-refractivity contribution in [2.45, 2.75) is 44.2 Å². The lowest BCUT2D eigenvalue weighted by Gasteiger charge is -2.53. The van der Waals surface area contributed by atoms with E-state index < -0.39 is 0 Å². The first-order valence-corrected chi connectivity index (χ1v) is 11.2. The van der Waals surface area contributed by atoms with Gasteiger partial charge in [0.05, 0.1) is 15.2 Å². The predicted molar refractivity (Wildman–Crippen MR) is 116 cm³/mol. The van der Waals surface area contributed by atoms with Gasteiger partial charge in [0.25, 0.3) is 0 Å². The van der Waals surface area contributed by atoms with E-state index in [0.29, 0.717) is 18.9 Å². The van der Waals surface area contributed by atoms with Crippen LogP contribution in [0.2, 0.25) is 0 Å². The molecule has 29 heavy (non-hydrogen) atoms. The van der Waals surface area contributed by atoms with Gasteiger partial charge in [0, 0.05) is 37.9 Å². The Hall–Kier alpha value is -1.70. The van der Waals surface area contributed by atoms with Crippen molar-refractivity contribution in [2.24, 2.45) is 11.8 Å². The lowest BCUT2D eigenvalue weighted by molar-refractivity contribution is -0.157. The Morgan fingerprint density at radius 1 is 1.28 bits per heavy atom. The molecule has 3 fully saturated rings. The maximum Gasteiger partial charge on any atom is 0.243 e. The van der Waals surface area contributed by atoms with E-state index in [1.54, 1.807) is 11.3 Å². The van der Waals surface area contributed by atoms with E-state index >= 15 is 0 Å². The van der Waals surface area contributed by atoms with Gasteiger partial charge in [0.15, 0.2) is 0 Å². The molecule has 1 aromatic heterocycles. The van der Waals surface area contributed by atoms with Crippen LogP contribution in [0.4, 0.5) is 0 Å². The van der Waals surface area contributed by atoms with Crippen LogP contribution in [-0.4, -0.2) is 53.4 Å². The second-order valence-electron chi connectivity index (χ2n) is 8.24. The van der Waals surface area contributed by atoms with E-state index in [2.05, 4.69) is 21.7 Å². The summed E-state index contributed by atoms with van der Waals surface area (Å²) in [6.07, 6.45) is 4.34. The van der Waals surface area contributed by atoms with E-state index in [-0.39, 0.29) is 42.2 Å². The molecule has 0 radical (unpaired) electrons. The molecule has 8 heteroatoms. The summed E-state index contributed by atoms with van der Waals surface area (Å²) in [6, 6.07) is 8.01. The molecule has 2 aromatic rings. The summed E-state index contributed by atoms with van der Waals surface area (Å²) < 4.78 is 1.18. The highest BCUT2D eigenvalue weighted by Gasteiger charge is 2.50. The number of thiazole rings is 1. The Bertz CT molecular complexity index is 871. The van der Waals surface area contributed by atoms with Crippen LogP contribution in [-0.2, 0) is 16.0 Å². The summed E-state index contributed by atoms with van der Waals surface area (Å²) >= 11 is 1.68. The highest BCUT2D eigenvalue weighted by molar-refractivity contribution is 7.18. The number of fused-ring (bicyclic) bond motifs is 5. The van der Waals surface area contributed by atoms with E-state index in [4.69, 9.17) is 0 Å². The molecule has 0 saturated carbocycles. The van der Waals surface area contributed by atoms with Gasteiger partial charge in [0.2, 0.25) is 11.8 Å². The maximum atomic E-state index is 13.1. The topological polar surface area (TPSA) is 74.3 Å². The number of hydrogen-bond donors (Lipinski definition) is 2. The zero-order valence-electron chi connectivity index (χ0n) is 16.3. The van der Waals surface area contributed by atoms with Crippen LogP contribution in [0.25, 0.3) is 10.2 Å². The standard InChI is InChI=1S/C21H26N4O2S.ClH/c26-19-7-3-5-16-13-10-14(12-22-11-13)20(25(16)19)21(27)23-9-8-18-24-15-4-1-2-6-17(15)28-18;/h1-2,4,6,13-14,16,20,22H,3,5,7-12H2,(H,23,27);1H/t13-,14+,16+,20-;/m1./s1. The first-order valence-electron chi connectivity index (χ1n) is 10.3. The summed E-state index contributed by atoms with van der Waals surface area (Å²) in [6.45, 7) is 2.35. The minimum absolute atomic E-state index is 0. The van der Waals surface area contributed by atoms with Crippen molar-refractivity contribution in [3.63, 3.8) is 0 Å². The van der Waals surface area contributed by atoms with Crippen molar-refractivity contribution in [3.05, 3.63) is 29.3 Å². The molecule has 0 aliphatic carbocycles. The minimum Gasteiger partial charge on any atom is -0.354 e. The zero-order chi connectivity index (χ0) is 19.1. The minimum atomic E-state index is -0.322. The number of carbonyl (C=O) groups excluding carboxylic acids is 2. The van der Waals surface area contributed by atoms with Crippen LogP contribution in [0.1, 0.15) is 30.7 Å². The van der Waals surface area contributed by atoms with E-state index in [1.807, 2.05) is 23.1 Å². The summed E-state index contributed by atoms with van der Waals surface area (Å²) in [5, 5.41) is 7.64. The summed E-state index contributed by atoms with van der Waals surface area (Å²) in [5.74, 6) is 0.891. The SMILES string of the molecule is Cl.O=C(NCCc1nc2ccccc2s1)[C@H]1[C@@H]2CNC[C@@H](C2)[C@@H]2CCCC(=O)N21. The fourth-order valence-corrected chi connectivity index (χ4v) is 6.24. The van der Waals surface area contributed by atoms with Gasteiger partial charge in [-0.25, -0.2) is 4.98 Å². The molecule has 2 N–H and O–H groups in total. The first-order chi connectivity index (χ1) is 13.7. The molecule has 3 saturated heterocycles. The van der Waals surface area contributed by atoms with E-state index in [1.165, 1.54) is 4.70 Å². The second kappa shape index (κ2) is 8.58. The van der Waals surface area contributed by atoms with Crippen molar-refractivity contribution < 1.29 is 9.59 Å². The van der Waals surface area contributed by atoms with Crippen LogP contribution in [0.15, 0.2) is 24.3 Å². The molecule has 5 rings (SSSR count). The Balaban J connectivity index is 0.00000205. The van der Waals surface area contributed by atoms with E-state index in [0.717, 1.165) is 49.3 Å². The average Bonchev–Trinajstić information content (AvgIpc) is 3.12. The number of para-hydroxylation sites is 1.